The zero-order valence-electron chi connectivity index (χ0n) is 72.8. The summed E-state index contributed by atoms with van der Waals surface area (Å²) in [6, 6.07) is 166. The summed E-state index contributed by atoms with van der Waals surface area (Å²) in [5, 5.41) is 23.1. The van der Waals surface area contributed by atoms with Crippen LogP contribution in [0.25, 0.3) is 259 Å². The van der Waals surface area contributed by atoms with Crippen LogP contribution in [0, 0.1) is 0 Å². The molecule has 0 unspecified atom stereocenters. The second-order valence-electron chi connectivity index (χ2n) is 35.2. The van der Waals surface area contributed by atoms with Crippen LogP contribution in [0.2, 0.25) is 0 Å². The molecule has 0 aliphatic rings. The van der Waals surface area contributed by atoms with Crippen molar-refractivity contribution in [2.45, 2.75) is 0 Å². The molecule has 7 nitrogen and oxygen atoms in total. The summed E-state index contributed by atoms with van der Waals surface area (Å²) in [5.74, 6) is 0. The number of pyridine rings is 1. The molecule has 0 saturated heterocycles. The highest BCUT2D eigenvalue weighted by atomic mass is 32.1. The lowest BCUT2D eigenvalue weighted by Crippen LogP contribution is -1.95. The van der Waals surface area contributed by atoms with Gasteiger partial charge in [-0.15, -0.1) is 34.0 Å². The third kappa shape index (κ3) is 12.1. The Labute approximate surface area is 786 Å². The topological polar surface area (TPSA) is 42.5 Å². The van der Waals surface area contributed by atoms with Crippen molar-refractivity contribution in [2.24, 2.45) is 0 Å². The Bertz CT molecular complexity index is 9950. The average molecular weight is 1770 g/mol. The van der Waals surface area contributed by atoms with Gasteiger partial charge in [-0.2, -0.15) is 0 Å². The normalized spacial score (nSPS) is 12.0. The van der Waals surface area contributed by atoms with Crippen molar-refractivity contribution in [1.29, 1.82) is 0 Å². The zero-order chi connectivity index (χ0) is 88.5. The van der Waals surface area contributed by atoms with E-state index in [4.69, 9.17) is 0 Å². The fourth-order valence-electron chi connectivity index (χ4n) is 21.9. The smallest absolute Gasteiger partial charge is 0.0640 e. The maximum absolute atomic E-state index is 4.35. The summed E-state index contributed by atoms with van der Waals surface area (Å²) in [4.78, 5) is 4.35. The van der Waals surface area contributed by atoms with Gasteiger partial charge in [0, 0.05) is 146 Å². The predicted octanol–water partition coefficient (Wildman–Crippen LogP) is 35.1. The first kappa shape index (κ1) is 76.8. The number of rotatable bonds is 9. The molecule has 10 heteroatoms. The molecule has 0 radical (unpaired) electrons. The van der Waals surface area contributed by atoms with Gasteiger partial charge in [0.2, 0.25) is 0 Å². The molecule has 10 aromatic heterocycles. The van der Waals surface area contributed by atoms with Gasteiger partial charge < -0.3 is 27.4 Å². The van der Waals surface area contributed by atoms with E-state index >= 15 is 0 Å². The standard InChI is InChI=1S/2C42H26N2S.C41H25N3S/c1-5-18-36-30(13-1)31-14-2-6-19-37(31)43(36)29-12-9-11-27(25-29)28-23-24-33-32-15-3-7-20-38(32)44(40(33)26-28)39-21-10-17-35-34-16-4-8-22-41(34)45-42(35)39;1-5-15-36-30(10-1)31-11-2-6-16-37(31)43(36)29-23-20-27(21-24-29)28-22-25-33-32-12-3-7-17-38(32)44(40(33)26-28)39-18-9-14-35-34-13-4-8-19-41(34)45-42(35)39;1-4-10-36-30(7-1)31-8-2-5-11-37(31)43(36)28-16-13-26(14-17-28)27-15-19-33-32-9-3-6-12-38(32)44(39(33)23-27)29-18-20-40-35(24-29)34-21-22-42-25-41(34)45-40/h2*1-26H;1-25H. The summed E-state index contributed by atoms with van der Waals surface area (Å²) >= 11 is 5.57. The number of benzene rings is 20. The summed E-state index contributed by atoms with van der Waals surface area (Å²) in [5.41, 5.74) is 29.1. The first-order valence-corrected chi connectivity index (χ1v) is 48.4. The fraction of sp³-hybridized carbons (Fsp3) is 0. The number of para-hydroxylation sites is 9. The Morgan fingerprint density at radius 1 is 0.148 bits per heavy atom. The van der Waals surface area contributed by atoms with Crippen molar-refractivity contribution in [3.8, 4) is 67.5 Å². The van der Waals surface area contributed by atoms with Crippen LogP contribution in [0.5, 0.6) is 0 Å². The van der Waals surface area contributed by atoms with Gasteiger partial charge in [-0.1, -0.05) is 297 Å². The first-order chi connectivity index (χ1) is 67.0. The van der Waals surface area contributed by atoms with E-state index in [-0.39, 0.29) is 0 Å². The molecule has 135 heavy (non-hydrogen) atoms. The third-order valence-electron chi connectivity index (χ3n) is 27.9. The molecule has 0 aliphatic carbocycles. The minimum atomic E-state index is 1.16. The van der Waals surface area contributed by atoms with Crippen molar-refractivity contribution in [1.82, 2.24) is 32.4 Å². The Morgan fingerprint density at radius 2 is 0.422 bits per heavy atom. The van der Waals surface area contributed by atoms with Gasteiger partial charge >= 0.3 is 0 Å². The Kier molecular flexibility index (Phi) is 17.5. The number of nitrogens with zero attached hydrogens (tertiary/aromatic N) is 7. The summed E-state index contributed by atoms with van der Waals surface area (Å²) < 4.78 is 22.3. The van der Waals surface area contributed by atoms with E-state index in [9.17, 15) is 0 Å². The summed E-state index contributed by atoms with van der Waals surface area (Å²) in [7, 11) is 0. The van der Waals surface area contributed by atoms with E-state index < -0.39 is 0 Å². The van der Waals surface area contributed by atoms with Gasteiger partial charge in [-0.05, 0) is 191 Å². The first-order valence-electron chi connectivity index (χ1n) is 45.9. The van der Waals surface area contributed by atoms with Crippen molar-refractivity contribution in [3.05, 3.63) is 467 Å². The van der Waals surface area contributed by atoms with Crippen LogP contribution in [-0.2, 0) is 0 Å². The molecule has 0 spiro atoms. The highest BCUT2D eigenvalue weighted by molar-refractivity contribution is 7.27. The van der Waals surface area contributed by atoms with E-state index in [1.54, 1.807) is 11.3 Å². The molecule has 630 valence electrons. The lowest BCUT2D eigenvalue weighted by Gasteiger charge is -2.12. The monoisotopic (exact) mass is 1770 g/mol. The largest absolute Gasteiger partial charge is 0.309 e. The molecule has 0 N–H and O–H groups in total. The predicted molar refractivity (Wildman–Crippen MR) is 578 cm³/mol. The van der Waals surface area contributed by atoms with Crippen LogP contribution in [0.4, 0.5) is 0 Å². The van der Waals surface area contributed by atoms with Crippen LogP contribution in [0.1, 0.15) is 0 Å². The maximum atomic E-state index is 4.35. The fourth-order valence-corrected chi connectivity index (χ4v) is 25.3. The van der Waals surface area contributed by atoms with Gasteiger partial charge in [0.05, 0.1) is 91.7 Å². The number of hydrogen-bond donors (Lipinski definition) is 0. The van der Waals surface area contributed by atoms with Gasteiger partial charge in [-0.3, -0.25) is 4.98 Å². The molecule has 0 amide bonds. The quantitative estimate of drug-likeness (QED) is 0.142. The molecule has 0 fully saturated rings. The average Bonchev–Trinajstić information content (AvgIpc) is 1.73. The molecule has 0 bridgehead atoms. The van der Waals surface area contributed by atoms with Crippen molar-refractivity contribution in [2.75, 3.05) is 0 Å². The van der Waals surface area contributed by atoms with Crippen molar-refractivity contribution < 1.29 is 0 Å². The number of fused-ring (bicyclic) bond motifs is 27. The van der Waals surface area contributed by atoms with Crippen LogP contribution in [-0.4, -0.2) is 32.4 Å². The molecular formula is C125H77N7S3. The highest BCUT2D eigenvalue weighted by Crippen LogP contribution is 2.48. The minimum absolute atomic E-state index is 1.16. The van der Waals surface area contributed by atoms with Crippen LogP contribution < -0.4 is 0 Å². The van der Waals surface area contributed by atoms with Crippen LogP contribution in [0.15, 0.2) is 467 Å². The van der Waals surface area contributed by atoms with Crippen molar-refractivity contribution in [3.63, 3.8) is 0 Å². The Hall–Kier alpha value is -17.0. The van der Waals surface area contributed by atoms with Gasteiger partial charge in [0.25, 0.3) is 0 Å². The van der Waals surface area contributed by atoms with E-state index in [1.807, 2.05) is 35.1 Å². The minimum Gasteiger partial charge on any atom is -0.309 e. The molecule has 0 saturated carbocycles. The van der Waals surface area contributed by atoms with Gasteiger partial charge in [-0.25, -0.2) is 0 Å². The number of aromatic nitrogens is 7. The summed E-state index contributed by atoms with van der Waals surface area (Å²) in [6.45, 7) is 0. The molecule has 30 aromatic rings. The van der Waals surface area contributed by atoms with Gasteiger partial charge in [0.1, 0.15) is 0 Å². The second kappa shape index (κ2) is 30.8. The Balaban J connectivity index is 0.000000101. The number of hydrogen-bond acceptors (Lipinski definition) is 4. The third-order valence-corrected chi connectivity index (χ3v) is 31.4. The van der Waals surface area contributed by atoms with Crippen molar-refractivity contribution >= 4 is 225 Å². The highest BCUT2D eigenvalue weighted by Gasteiger charge is 2.24. The SMILES string of the molecule is c1cc(-c2ccc3c4ccccc4n(-c4cccc5c4sc4ccccc45)c3c2)cc(-n2c3ccccc3c3ccccc32)c1.c1ccc2c(c1)c1ccccc1n2-c1ccc(-c2ccc3c4ccccc4n(-c4ccc5sc6cnccc6c5c4)c3c2)cc1.c1ccc2c(c1)sc1c(-n3c4ccccc4c4ccc(-c5ccc(-n6c7ccccc7c7ccccc76)cc5)cc43)cccc12. The van der Waals surface area contributed by atoms with E-state index in [0.717, 1.165) is 5.69 Å². The van der Waals surface area contributed by atoms with E-state index in [1.165, 1.54) is 253 Å². The lowest BCUT2D eigenvalue weighted by molar-refractivity contribution is 1.18. The zero-order valence-corrected chi connectivity index (χ0v) is 75.3. The molecule has 0 atom stereocenters. The molecule has 10 heterocycles. The number of thiophene rings is 3. The lowest BCUT2D eigenvalue weighted by atomic mass is 10.0. The molecule has 30 rings (SSSR count). The molecule has 0 aliphatic heterocycles. The second-order valence-corrected chi connectivity index (χ2v) is 38.4. The summed E-state index contributed by atoms with van der Waals surface area (Å²) in [6.07, 6.45) is 3.86. The van der Waals surface area contributed by atoms with E-state index in [0.29, 0.717) is 0 Å². The van der Waals surface area contributed by atoms with Gasteiger partial charge in [0.15, 0.2) is 0 Å². The van der Waals surface area contributed by atoms with Crippen LogP contribution >= 0.6 is 34.0 Å². The maximum Gasteiger partial charge on any atom is 0.0640 e. The molecule has 20 aromatic carbocycles. The van der Waals surface area contributed by atoms with Crippen LogP contribution in [0.3, 0.4) is 0 Å². The van der Waals surface area contributed by atoms with E-state index in [2.05, 4.69) is 487 Å². The molecular weight excluding hydrogens is 1700 g/mol. The Morgan fingerprint density at radius 3 is 0.822 bits per heavy atom.